The molecule has 0 radical (unpaired) electrons. The smallest absolute Gasteiger partial charge is 0.407 e. The number of hydrogen-bond acceptors (Lipinski definition) is 8. The number of rotatable bonds is 10. The maximum atomic E-state index is 12.4. The van der Waals surface area contributed by atoms with Gasteiger partial charge in [-0.05, 0) is 18.4 Å². The third-order valence-electron chi connectivity index (χ3n) is 4.49. The zero-order valence-corrected chi connectivity index (χ0v) is 16.9. The van der Waals surface area contributed by atoms with Crippen molar-refractivity contribution in [3.8, 4) is 0 Å². The molecule has 0 spiro atoms. The molecule has 166 valence electrons. The van der Waals surface area contributed by atoms with E-state index >= 15 is 0 Å². The van der Waals surface area contributed by atoms with Crippen molar-refractivity contribution in [3.63, 3.8) is 0 Å². The van der Waals surface area contributed by atoms with E-state index in [4.69, 9.17) is 18.9 Å². The average Bonchev–Trinajstić information content (AvgIpc) is 2.74. The number of allylic oxidation sites excluding steroid dienone is 1. The molecule has 0 aliphatic carbocycles. The molecule has 1 aromatic carbocycles. The first-order valence-corrected chi connectivity index (χ1v) is 9.77. The van der Waals surface area contributed by atoms with E-state index in [0.29, 0.717) is 12.8 Å². The molecule has 0 bridgehead atoms. The largest absolute Gasteiger partial charge is 0.457 e. The monoisotopic (exact) mass is 423 g/mol. The van der Waals surface area contributed by atoms with Crippen LogP contribution in [0, 0.1) is 0 Å². The van der Waals surface area contributed by atoms with Gasteiger partial charge in [-0.2, -0.15) is 0 Å². The average molecular weight is 423 g/mol. The Morgan fingerprint density at radius 1 is 1.30 bits per heavy atom. The number of carbonyl (C=O) groups is 2. The van der Waals surface area contributed by atoms with Gasteiger partial charge in [-0.1, -0.05) is 36.4 Å². The first-order valence-electron chi connectivity index (χ1n) is 9.77. The Balaban J connectivity index is 2.09. The summed E-state index contributed by atoms with van der Waals surface area (Å²) in [6.07, 6.45) is -2.36. The van der Waals surface area contributed by atoms with Crippen molar-refractivity contribution in [1.29, 1.82) is 0 Å². The van der Waals surface area contributed by atoms with Gasteiger partial charge >= 0.3 is 12.1 Å². The van der Waals surface area contributed by atoms with Crippen LogP contribution in [0.4, 0.5) is 4.79 Å². The summed E-state index contributed by atoms with van der Waals surface area (Å²) in [5.41, 5.74) is 0.793. The SMILES string of the molecule is C=CCCCO[C@H]1O[C@H](CO)[C@@H](O)[C@H](OC(C)=O)[C@@H]1NC(=O)OCc1ccccc1. The standard InChI is InChI=1S/C21H29NO8/c1-3-4-8-11-27-20-17(19(29-14(2)24)18(25)16(12-23)30-20)22-21(26)28-13-15-9-6-5-7-10-15/h3,5-7,9-10,16-20,23,25H,1,4,8,11-13H2,2H3,(H,22,26)/t16-,17+,18-,19-,20+/m1/s1. The van der Waals surface area contributed by atoms with E-state index in [-0.39, 0.29) is 13.2 Å². The van der Waals surface area contributed by atoms with E-state index in [1.807, 2.05) is 18.2 Å². The van der Waals surface area contributed by atoms with E-state index < -0.39 is 49.3 Å². The van der Waals surface area contributed by atoms with Gasteiger partial charge in [-0.3, -0.25) is 4.79 Å². The van der Waals surface area contributed by atoms with Crippen LogP contribution >= 0.6 is 0 Å². The van der Waals surface area contributed by atoms with Crippen molar-refractivity contribution in [2.45, 2.75) is 57.0 Å². The van der Waals surface area contributed by atoms with Crippen molar-refractivity contribution in [3.05, 3.63) is 48.6 Å². The number of alkyl carbamates (subject to hydrolysis) is 1. The second kappa shape index (κ2) is 12.3. The summed E-state index contributed by atoms with van der Waals surface area (Å²) in [5, 5.41) is 22.5. The molecule has 1 saturated heterocycles. The highest BCUT2D eigenvalue weighted by Gasteiger charge is 2.48. The van der Waals surface area contributed by atoms with Crippen LogP contribution in [-0.4, -0.2) is 66.1 Å². The molecule has 0 unspecified atom stereocenters. The Morgan fingerprint density at radius 2 is 2.03 bits per heavy atom. The van der Waals surface area contributed by atoms with Gasteiger partial charge in [-0.25, -0.2) is 4.79 Å². The first kappa shape index (κ1) is 23.8. The number of aliphatic hydroxyl groups is 2. The Labute approximate surface area is 175 Å². The molecule has 3 N–H and O–H groups in total. The first-order chi connectivity index (χ1) is 14.5. The molecule has 1 fully saturated rings. The van der Waals surface area contributed by atoms with Crippen molar-refractivity contribution in [2.24, 2.45) is 0 Å². The number of carbonyl (C=O) groups excluding carboxylic acids is 2. The fraction of sp³-hybridized carbons (Fsp3) is 0.524. The lowest BCUT2D eigenvalue weighted by Crippen LogP contribution is -2.65. The number of amides is 1. The van der Waals surface area contributed by atoms with E-state index in [2.05, 4.69) is 11.9 Å². The Bertz CT molecular complexity index is 683. The van der Waals surface area contributed by atoms with E-state index in [9.17, 15) is 19.8 Å². The minimum absolute atomic E-state index is 0.0329. The van der Waals surface area contributed by atoms with Gasteiger partial charge < -0.3 is 34.5 Å². The fourth-order valence-corrected chi connectivity index (χ4v) is 3.02. The summed E-state index contributed by atoms with van der Waals surface area (Å²) in [6, 6.07) is 8.06. The predicted octanol–water partition coefficient (Wildman–Crippen LogP) is 1.27. The van der Waals surface area contributed by atoms with Gasteiger partial charge in [0.25, 0.3) is 0 Å². The van der Waals surface area contributed by atoms with Crippen LogP contribution in [0.5, 0.6) is 0 Å². The zero-order chi connectivity index (χ0) is 21.9. The van der Waals surface area contributed by atoms with Crippen LogP contribution in [0.1, 0.15) is 25.3 Å². The number of esters is 1. The molecule has 2 rings (SSSR count). The molecule has 9 heteroatoms. The third-order valence-corrected chi connectivity index (χ3v) is 4.49. The third kappa shape index (κ3) is 7.10. The highest BCUT2D eigenvalue weighted by atomic mass is 16.7. The molecule has 1 heterocycles. The van der Waals surface area contributed by atoms with Crippen LogP contribution in [0.3, 0.4) is 0 Å². The number of hydrogen-bond donors (Lipinski definition) is 3. The van der Waals surface area contributed by atoms with Gasteiger partial charge in [-0.15, -0.1) is 6.58 Å². The molecule has 0 saturated carbocycles. The number of unbranched alkanes of at least 4 members (excludes halogenated alkanes) is 1. The fourth-order valence-electron chi connectivity index (χ4n) is 3.02. The van der Waals surface area contributed by atoms with Crippen LogP contribution in [0.2, 0.25) is 0 Å². The number of ether oxygens (including phenoxy) is 4. The van der Waals surface area contributed by atoms with Crippen LogP contribution in [0.15, 0.2) is 43.0 Å². The van der Waals surface area contributed by atoms with Crippen LogP contribution in [0.25, 0.3) is 0 Å². The van der Waals surface area contributed by atoms with E-state index in [1.165, 1.54) is 6.92 Å². The van der Waals surface area contributed by atoms with Crippen LogP contribution in [-0.2, 0) is 30.3 Å². The highest BCUT2D eigenvalue weighted by molar-refractivity contribution is 5.68. The summed E-state index contributed by atoms with van der Waals surface area (Å²) in [6.45, 7) is 4.61. The van der Waals surface area contributed by atoms with E-state index in [1.54, 1.807) is 18.2 Å². The van der Waals surface area contributed by atoms with Gasteiger partial charge in [0.2, 0.25) is 0 Å². The normalized spacial score (nSPS) is 25.9. The summed E-state index contributed by atoms with van der Waals surface area (Å²) in [5.74, 6) is -0.660. The molecule has 1 aromatic rings. The van der Waals surface area contributed by atoms with Gasteiger partial charge in [0, 0.05) is 6.92 Å². The quantitative estimate of drug-likeness (QED) is 0.292. The Morgan fingerprint density at radius 3 is 2.67 bits per heavy atom. The topological polar surface area (TPSA) is 124 Å². The lowest BCUT2D eigenvalue weighted by molar-refractivity contribution is -0.272. The second-order valence-corrected chi connectivity index (χ2v) is 6.82. The molecule has 0 aromatic heterocycles. The summed E-state index contributed by atoms with van der Waals surface area (Å²) >= 11 is 0. The van der Waals surface area contributed by atoms with Crippen molar-refractivity contribution in [2.75, 3.05) is 13.2 Å². The molecule has 1 amide bonds. The van der Waals surface area contributed by atoms with Crippen molar-refractivity contribution < 1.29 is 38.7 Å². The van der Waals surface area contributed by atoms with Gasteiger partial charge in [0.05, 0.1) is 13.2 Å². The van der Waals surface area contributed by atoms with Crippen molar-refractivity contribution >= 4 is 12.1 Å². The Kier molecular flexibility index (Phi) is 9.75. The minimum Gasteiger partial charge on any atom is -0.457 e. The lowest BCUT2D eigenvalue weighted by atomic mass is 9.96. The number of nitrogens with one attached hydrogen (secondary N) is 1. The van der Waals surface area contributed by atoms with Gasteiger partial charge in [0.1, 0.15) is 24.9 Å². The summed E-state index contributed by atoms with van der Waals surface area (Å²) < 4.78 is 21.7. The second-order valence-electron chi connectivity index (χ2n) is 6.82. The molecule has 30 heavy (non-hydrogen) atoms. The molecular formula is C21H29NO8. The summed E-state index contributed by atoms with van der Waals surface area (Å²) in [4.78, 5) is 23.9. The molecular weight excluding hydrogens is 394 g/mol. The molecule has 1 aliphatic heterocycles. The molecule has 5 atom stereocenters. The summed E-state index contributed by atoms with van der Waals surface area (Å²) in [7, 11) is 0. The van der Waals surface area contributed by atoms with Gasteiger partial charge in [0.15, 0.2) is 12.4 Å². The number of aliphatic hydroxyl groups excluding tert-OH is 2. The zero-order valence-electron chi connectivity index (χ0n) is 16.9. The molecule has 1 aliphatic rings. The van der Waals surface area contributed by atoms with Crippen LogP contribution < -0.4 is 5.32 Å². The highest BCUT2D eigenvalue weighted by Crippen LogP contribution is 2.25. The maximum absolute atomic E-state index is 12.4. The Hall–Kier alpha value is -2.46. The van der Waals surface area contributed by atoms with Crippen molar-refractivity contribution in [1.82, 2.24) is 5.32 Å². The molecule has 9 nitrogen and oxygen atoms in total. The maximum Gasteiger partial charge on any atom is 0.407 e. The predicted molar refractivity (Wildman–Crippen MR) is 106 cm³/mol. The number of benzene rings is 1. The van der Waals surface area contributed by atoms with E-state index in [0.717, 1.165) is 5.56 Å². The lowest BCUT2D eigenvalue weighted by Gasteiger charge is -2.43. The minimum atomic E-state index is -1.37.